The SMILES string of the molecule is CC[C@@H](C)Nc1nc(Nc2cccc([N+](=O)[O-])c2C)cc(-c2ccccn2)n1. The maximum atomic E-state index is 11.2. The lowest BCUT2D eigenvalue weighted by Crippen LogP contribution is -2.16. The molecule has 0 saturated heterocycles. The number of aromatic nitrogens is 3. The predicted octanol–water partition coefficient (Wildman–Crippen LogP) is 4.71. The first-order valence-corrected chi connectivity index (χ1v) is 9.06. The molecular formula is C20H22N6O2. The van der Waals surface area contributed by atoms with Crippen LogP contribution in [0.3, 0.4) is 0 Å². The van der Waals surface area contributed by atoms with Crippen molar-refractivity contribution in [2.45, 2.75) is 33.2 Å². The van der Waals surface area contributed by atoms with E-state index in [1.165, 1.54) is 6.07 Å². The lowest BCUT2D eigenvalue weighted by atomic mass is 10.1. The van der Waals surface area contributed by atoms with Crippen LogP contribution in [0.5, 0.6) is 0 Å². The van der Waals surface area contributed by atoms with Crippen molar-refractivity contribution < 1.29 is 4.92 Å². The van der Waals surface area contributed by atoms with Crippen molar-refractivity contribution in [1.82, 2.24) is 15.0 Å². The van der Waals surface area contributed by atoms with E-state index in [9.17, 15) is 10.1 Å². The number of nitro groups is 1. The van der Waals surface area contributed by atoms with Gasteiger partial charge in [0.2, 0.25) is 5.95 Å². The second kappa shape index (κ2) is 8.43. The summed E-state index contributed by atoms with van der Waals surface area (Å²) >= 11 is 0. The third kappa shape index (κ3) is 4.40. The summed E-state index contributed by atoms with van der Waals surface area (Å²) in [6, 6.07) is 12.5. The molecule has 0 saturated carbocycles. The van der Waals surface area contributed by atoms with Crippen LogP contribution in [0, 0.1) is 17.0 Å². The van der Waals surface area contributed by atoms with Crippen molar-refractivity contribution in [3.63, 3.8) is 0 Å². The zero-order chi connectivity index (χ0) is 20.1. The molecule has 28 heavy (non-hydrogen) atoms. The number of anilines is 3. The van der Waals surface area contributed by atoms with Gasteiger partial charge in [-0.2, -0.15) is 4.98 Å². The summed E-state index contributed by atoms with van der Waals surface area (Å²) in [6.45, 7) is 5.83. The molecule has 8 heteroatoms. The van der Waals surface area contributed by atoms with Crippen molar-refractivity contribution in [1.29, 1.82) is 0 Å². The van der Waals surface area contributed by atoms with Gasteiger partial charge in [0.15, 0.2) is 0 Å². The highest BCUT2D eigenvalue weighted by Crippen LogP contribution is 2.29. The molecular weight excluding hydrogens is 356 g/mol. The van der Waals surface area contributed by atoms with Crippen LogP contribution in [0.4, 0.5) is 23.1 Å². The van der Waals surface area contributed by atoms with Crippen molar-refractivity contribution in [3.05, 3.63) is 64.3 Å². The maximum absolute atomic E-state index is 11.2. The molecule has 2 aromatic heterocycles. The fraction of sp³-hybridized carbons (Fsp3) is 0.250. The average molecular weight is 378 g/mol. The summed E-state index contributed by atoms with van der Waals surface area (Å²) in [5.74, 6) is 1.01. The van der Waals surface area contributed by atoms with Crippen LogP contribution in [-0.2, 0) is 0 Å². The number of nitrogens with zero attached hydrogens (tertiary/aromatic N) is 4. The molecule has 0 radical (unpaired) electrons. The number of rotatable bonds is 7. The number of hydrogen-bond donors (Lipinski definition) is 2. The zero-order valence-electron chi connectivity index (χ0n) is 16.0. The van der Waals surface area contributed by atoms with Crippen LogP contribution in [0.2, 0.25) is 0 Å². The van der Waals surface area contributed by atoms with Crippen molar-refractivity contribution in [3.8, 4) is 11.4 Å². The van der Waals surface area contributed by atoms with Gasteiger partial charge in [0.05, 0.1) is 21.9 Å². The smallest absolute Gasteiger partial charge is 0.274 e. The summed E-state index contributed by atoms with van der Waals surface area (Å²) < 4.78 is 0. The molecule has 144 valence electrons. The monoisotopic (exact) mass is 378 g/mol. The van der Waals surface area contributed by atoms with Gasteiger partial charge >= 0.3 is 0 Å². The van der Waals surface area contributed by atoms with Gasteiger partial charge in [-0.1, -0.05) is 19.1 Å². The molecule has 0 unspecified atom stereocenters. The number of pyridine rings is 1. The van der Waals surface area contributed by atoms with E-state index in [0.29, 0.717) is 28.7 Å². The minimum atomic E-state index is -0.393. The molecule has 1 atom stereocenters. The Bertz CT molecular complexity index is 978. The molecule has 2 N–H and O–H groups in total. The first kappa shape index (κ1) is 19.2. The van der Waals surface area contributed by atoms with Crippen LogP contribution in [0.25, 0.3) is 11.4 Å². The fourth-order valence-corrected chi connectivity index (χ4v) is 2.64. The van der Waals surface area contributed by atoms with E-state index < -0.39 is 4.92 Å². The van der Waals surface area contributed by atoms with E-state index in [0.717, 1.165) is 12.1 Å². The summed E-state index contributed by atoms with van der Waals surface area (Å²) in [5, 5.41) is 17.7. The molecule has 3 rings (SSSR count). The van der Waals surface area contributed by atoms with Gasteiger partial charge in [-0.25, -0.2) is 4.98 Å². The Morgan fingerprint density at radius 2 is 1.96 bits per heavy atom. The van der Waals surface area contributed by atoms with E-state index in [4.69, 9.17) is 0 Å². The Kier molecular flexibility index (Phi) is 5.78. The van der Waals surface area contributed by atoms with E-state index in [1.807, 2.05) is 18.2 Å². The highest BCUT2D eigenvalue weighted by atomic mass is 16.6. The maximum Gasteiger partial charge on any atom is 0.274 e. The van der Waals surface area contributed by atoms with E-state index in [-0.39, 0.29) is 11.7 Å². The van der Waals surface area contributed by atoms with Gasteiger partial charge in [0.1, 0.15) is 5.82 Å². The fourth-order valence-electron chi connectivity index (χ4n) is 2.64. The quantitative estimate of drug-likeness (QED) is 0.453. The average Bonchev–Trinajstić information content (AvgIpc) is 2.69. The zero-order valence-corrected chi connectivity index (χ0v) is 16.0. The number of hydrogen-bond acceptors (Lipinski definition) is 7. The second-order valence-corrected chi connectivity index (χ2v) is 6.46. The van der Waals surface area contributed by atoms with Crippen LogP contribution >= 0.6 is 0 Å². The third-order valence-electron chi connectivity index (χ3n) is 4.41. The normalized spacial score (nSPS) is 11.7. The molecule has 0 amide bonds. The van der Waals surface area contributed by atoms with Gasteiger partial charge in [-0.3, -0.25) is 15.1 Å². The van der Waals surface area contributed by atoms with Gasteiger partial charge in [-0.15, -0.1) is 0 Å². The summed E-state index contributed by atoms with van der Waals surface area (Å²) in [5.41, 5.74) is 2.60. The first-order valence-electron chi connectivity index (χ1n) is 9.06. The van der Waals surface area contributed by atoms with Crippen molar-refractivity contribution in [2.24, 2.45) is 0 Å². The lowest BCUT2D eigenvalue weighted by molar-refractivity contribution is -0.385. The minimum absolute atomic E-state index is 0.0574. The molecule has 3 aromatic rings. The van der Waals surface area contributed by atoms with Gasteiger partial charge in [-0.05, 0) is 38.5 Å². The number of nitrogens with one attached hydrogen (secondary N) is 2. The predicted molar refractivity (Wildman–Crippen MR) is 110 cm³/mol. The molecule has 0 aliphatic carbocycles. The molecule has 0 fully saturated rings. The number of benzene rings is 1. The van der Waals surface area contributed by atoms with E-state index in [2.05, 4.69) is 39.4 Å². The minimum Gasteiger partial charge on any atom is -0.352 e. The van der Waals surface area contributed by atoms with Crippen molar-refractivity contribution in [2.75, 3.05) is 10.6 Å². The molecule has 0 bridgehead atoms. The number of nitro benzene ring substituents is 1. The van der Waals surface area contributed by atoms with Crippen LogP contribution < -0.4 is 10.6 Å². The Morgan fingerprint density at radius 3 is 2.64 bits per heavy atom. The van der Waals surface area contributed by atoms with Gasteiger partial charge in [0.25, 0.3) is 5.69 Å². The molecule has 1 aromatic carbocycles. The van der Waals surface area contributed by atoms with Crippen LogP contribution in [0.1, 0.15) is 25.8 Å². The molecule has 0 spiro atoms. The highest BCUT2D eigenvalue weighted by Gasteiger charge is 2.15. The van der Waals surface area contributed by atoms with Gasteiger partial charge < -0.3 is 10.6 Å². The standard InChI is InChI=1S/C20H22N6O2/c1-4-13(2)22-20-24-17(16-8-5-6-11-21-16)12-19(25-20)23-15-9-7-10-18(14(15)3)26(27)28/h5-13H,4H2,1-3H3,(H2,22,23,24,25)/t13-/m1/s1. The highest BCUT2D eigenvalue weighted by molar-refractivity contribution is 5.69. The van der Waals surface area contributed by atoms with Crippen LogP contribution in [0.15, 0.2) is 48.7 Å². The topological polar surface area (TPSA) is 106 Å². The Labute approximate surface area is 163 Å². The van der Waals surface area contributed by atoms with Crippen LogP contribution in [-0.4, -0.2) is 25.9 Å². The second-order valence-electron chi connectivity index (χ2n) is 6.46. The molecule has 8 nitrogen and oxygen atoms in total. The molecule has 0 aliphatic heterocycles. The Balaban J connectivity index is 2.01. The Hall–Kier alpha value is -3.55. The largest absolute Gasteiger partial charge is 0.352 e. The summed E-state index contributed by atoms with van der Waals surface area (Å²) in [4.78, 5) is 24.3. The third-order valence-corrected chi connectivity index (χ3v) is 4.41. The molecule has 0 aliphatic rings. The van der Waals surface area contributed by atoms with Gasteiger partial charge in [0, 0.05) is 30.1 Å². The van der Waals surface area contributed by atoms with E-state index >= 15 is 0 Å². The summed E-state index contributed by atoms with van der Waals surface area (Å²) in [6.07, 6.45) is 2.63. The molecule has 2 heterocycles. The van der Waals surface area contributed by atoms with E-state index in [1.54, 1.807) is 31.3 Å². The van der Waals surface area contributed by atoms with Crippen molar-refractivity contribution >= 4 is 23.1 Å². The lowest BCUT2D eigenvalue weighted by Gasteiger charge is -2.15. The summed E-state index contributed by atoms with van der Waals surface area (Å²) in [7, 11) is 0. The first-order chi connectivity index (χ1) is 13.5. The Morgan fingerprint density at radius 1 is 1.14 bits per heavy atom.